The van der Waals surface area contributed by atoms with E-state index < -0.39 is 12.0 Å². The Morgan fingerprint density at radius 1 is 1.29 bits per heavy atom. The van der Waals surface area contributed by atoms with Gasteiger partial charge in [0.25, 0.3) is 0 Å². The zero-order chi connectivity index (χ0) is 17.7. The standard InChI is InChI=1S/C18H25N3O3/c1-5-6-11-24-17(22)15-12(2)19-18(23)20-16(15)13-7-9-14(10-8-13)21(3)4/h7-10,15-16H,2,5-6,11H2,1,3-4H3,(H2,19,20,23)/t15-,16+/m0/s1. The second-order valence-electron chi connectivity index (χ2n) is 6.09. The van der Waals surface area contributed by atoms with Crippen molar-refractivity contribution in [2.24, 2.45) is 5.92 Å². The van der Waals surface area contributed by atoms with Gasteiger partial charge in [0.05, 0.1) is 12.6 Å². The Hall–Kier alpha value is -2.50. The Labute approximate surface area is 142 Å². The van der Waals surface area contributed by atoms with Crippen molar-refractivity contribution in [3.63, 3.8) is 0 Å². The number of urea groups is 1. The summed E-state index contributed by atoms with van der Waals surface area (Å²) < 4.78 is 5.34. The van der Waals surface area contributed by atoms with E-state index in [2.05, 4.69) is 17.2 Å². The molecule has 0 saturated carbocycles. The predicted molar refractivity (Wildman–Crippen MR) is 93.7 cm³/mol. The van der Waals surface area contributed by atoms with E-state index in [-0.39, 0.29) is 12.0 Å². The van der Waals surface area contributed by atoms with Gasteiger partial charge in [0.2, 0.25) is 0 Å². The summed E-state index contributed by atoms with van der Waals surface area (Å²) in [4.78, 5) is 26.3. The molecule has 0 bridgehead atoms. The van der Waals surface area contributed by atoms with Crippen LogP contribution in [-0.4, -0.2) is 32.7 Å². The summed E-state index contributed by atoms with van der Waals surface area (Å²) in [7, 11) is 3.91. The number of amides is 2. The van der Waals surface area contributed by atoms with Crippen LogP contribution in [0.3, 0.4) is 0 Å². The highest BCUT2D eigenvalue weighted by atomic mass is 16.5. The minimum atomic E-state index is -0.648. The highest BCUT2D eigenvalue weighted by Gasteiger charge is 2.38. The molecule has 1 aliphatic heterocycles. The first-order chi connectivity index (χ1) is 11.4. The lowest BCUT2D eigenvalue weighted by atomic mass is 9.89. The Kier molecular flexibility index (Phi) is 5.84. The summed E-state index contributed by atoms with van der Waals surface area (Å²) in [5.41, 5.74) is 2.25. The van der Waals surface area contributed by atoms with Crippen LogP contribution < -0.4 is 15.5 Å². The van der Waals surface area contributed by atoms with Crippen LogP contribution in [0.2, 0.25) is 0 Å². The summed E-state index contributed by atoms with van der Waals surface area (Å²) in [6.07, 6.45) is 1.76. The molecular weight excluding hydrogens is 306 g/mol. The van der Waals surface area contributed by atoms with Crippen LogP contribution in [0.5, 0.6) is 0 Å². The van der Waals surface area contributed by atoms with Crippen LogP contribution in [0.1, 0.15) is 31.4 Å². The van der Waals surface area contributed by atoms with E-state index in [0.717, 1.165) is 24.1 Å². The van der Waals surface area contributed by atoms with Gasteiger partial charge in [0, 0.05) is 25.5 Å². The fourth-order valence-corrected chi connectivity index (χ4v) is 2.63. The van der Waals surface area contributed by atoms with Gasteiger partial charge in [0.15, 0.2) is 0 Å². The van der Waals surface area contributed by atoms with Crippen molar-refractivity contribution in [1.82, 2.24) is 10.6 Å². The Bertz CT molecular complexity index is 610. The number of hydrogen-bond donors (Lipinski definition) is 2. The fourth-order valence-electron chi connectivity index (χ4n) is 2.63. The lowest BCUT2D eigenvalue weighted by Gasteiger charge is -2.33. The molecule has 0 aromatic heterocycles. The van der Waals surface area contributed by atoms with Crippen LogP contribution in [-0.2, 0) is 9.53 Å². The van der Waals surface area contributed by atoms with Crippen LogP contribution >= 0.6 is 0 Å². The number of carbonyl (C=O) groups excluding carboxylic acids is 2. The molecule has 0 unspecified atom stereocenters. The summed E-state index contributed by atoms with van der Waals surface area (Å²) in [6, 6.07) is 6.87. The first kappa shape index (κ1) is 17.8. The van der Waals surface area contributed by atoms with Crippen molar-refractivity contribution in [2.75, 3.05) is 25.6 Å². The summed E-state index contributed by atoms with van der Waals surface area (Å²) >= 11 is 0. The number of nitrogens with one attached hydrogen (secondary N) is 2. The third kappa shape index (κ3) is 4.07. The van der Waals surface area contributed by atoms with Crippen LogP contribution in [0, 0.1) is 5.92 Å². The molecule has 1 aromatic rings. The monoisotopic (exact) mass is 331 g/mol. The van der Waals surface area contributed by atoms with Gasteiger partial charge >= 0.3 is 12.0 Å². The molecule has 1 aliphatic rings. The molecule has 130 valence electrons. The van der Waals surface area contributed by atoms with Crippen molar-refractivity contribution in [2.45, 2.75) is 25.8 Å². The maximum atomic E-state index is 12.5. The number of ether oxygens (including phenoxy) is 1. The van der Waals surface area contributed by atoms with E-state index in [0.29, 0.717) is 12.3 Å². The maximum Gasteiger partial charge on any atom is 0.319 e. The molecule has 1 saturated heterocycles. The Morgan fingerprint density at radius 3 is 2.54 bits per heavy atom. The molecule has 0 aliphatic carbocycles. The maximum absolute atomic E-state index is 12.5. The lowest BCUT2D eigenvalue weighted by Crippen LogP contribution is -2.51. The molecule has 0 radical (unpaired) electrons. The largest absolute Gasteiger partial charge is 0.465 e. The summed E-state index contributed by atoms with van der Waals surface area (Å²) in [5, 5.41) is 5.38. The average Bonchev–Trinajstić information content (AvgIpc) is 2.54. The number of rotatable bonds is 6. The van der Waals surface area contributed by atoms with E-state index in [4.69, 9.17) is 4.74 Å². The molecule has 6 nitrogen and oxygen atoms in total. The second kappa shape index (κ2) is 7.86. The number of carbonyl (C=O) groups is 2. The van der Waals surface area contributed by atoms with Gasteiger partial charge in [-0.15, -0.1) is 0 Å². The van der Waals surface area contributed by atoms with Crippen molar-refractivity contribution in [1.29, 1.82) is 0 Å². The lowest BCUT2D eigenvalue weighted by molar-refractivity contribution is -0.148. The third-order valence-corrected chi connectivity index (χ3v) is 4.03. The summed E-state index contributed by atoms with van der Waals surface area (Å²) in [6.45, 7) is 6.24. The van der Waals surface area contributed by atoms with Gasteiger partial charge in [-0.25, -0.2) is 4.79 Å². The second-order valence-corrected chi connectivity index (χ2v) is 6.09. The number of hydrogen-bond acceptors (Lipinski definition) is 4. The number of benzene rings is 1. The van der Waals surface area contributed by atoms with E-state index in [1.54, 1.807) is 0 Å². The molecule has 2 amide bonds. The van der Waals surface area contributed by atoms with Crippen molar-refractivity contribution < 1.29 is 14.3 Å². The number of nitrogens with zero attached hydrogens (tertiary/aromatic N) is 1. The Morgan fingerprint density at radius 2 is 1.96 bits per heavy atom. The molecular formula is C18H25N3O3. The molecule has 24 heavy (non-hydrogen) atoms. The van der Waals surface area contributed by atoms with Crippen molar-refractivity contribution in [3.8, 4) is 0 Å². The molecule has 2 atom stereocenters. The first-order valence-corrected chi connectivity index (χ1v) is 8.14. The van der Waals surface area contributed by atoms with Gasteiger partial charge in [-0.2, -0.15) is 0 Å². The van der Waals surface area contributed by atoms with Gasteiger partial charge in [-0.1, -0.05) is 32.1 Å². The number of unbranched alkanes of at least 4 members (excludes halogenated alkanes) is 1. The minimum absolute atomic E-state index is 0.362. The van der Waals surface area contributed by atoms with Crippen LogP contribution in [0.15, 0.2) is 36.5 Å². The minimum Gasteiger partial charge on any atom is -0.465 e. The van der Waals surface area contributed by atoms with Crippen LogP contribution in [0.25, 0.3) is 0 Å². The average molecular weight is 331 g/mol. The smallest absolute Gasteiger partial charge is 0.319 e. The normalized spacial score (nSPS) is 20.1. The first-order valence-electron chi connectivity index (χ1n) is 8.14. The molecule has 0 spiro atoms. The highest BCUT2D eigenvalue weighted by Crippen LogP contribution is 2.31. The van der Waals surface area contributed by atoms with Gasteiger partial charge in [-0.3, -0.25) is 4.79 Å². The van der Waals surface area contributed by atoms with Gasteiger partial charge in [-0.05, 0) is 24.1 Å². The molecule has 6 heteroatoms. The van der Waals surface area contributed by atoms with Crippen molar-refractivity contribution >= 4 is 17.7 Å². The van der Waals surface area contributed by atoms with E-state index in [9.17, 15) is 9.59 Å². The molecule has 1 fully saturated rings. The fraction of sp³-hybridized carbons (Fsp3) is 0.444. The third-order valence-electron chi connectivity index (χ3n) is 4.03. The number of esters is 1. The molecule has 2 rings (SSSR count). The topological polar surface area (TPSA) is 70.7 Å². The zero-order valence-corrected chi connectivity index (χ0v) is 14.5. The van der Waals surface area contributed by atoms with E-state index in [1.165, 1.54) is 0 Å². The van der Waals surface area contributed by atoms with E-state index >= 15 is 0 Å². The zero-order valence-electron chi connectivity index (χ0n) is 14.5. The van der Waals surface area contributed by atoms with Crippen molar-refractivity contribution in [3.05, 3.63) is 42.1 Å². The highest BCUT2D eigenvalue weighted by molar-refractivity contribution is 5.85. The SMILES string of the molecule is C=C1NC(=O)N[C@H](c2ccc(N(C)C)cc2)[C@H]1C(=O)OCCCC. The molecule has 1 aromatic carbocycles. The Balaban J connectivity index is 2.23. The van der Waals surface area contributed by atoms with Gasteiger partial charge in [0.1, 0.15) is 5.92 Å². The number of anilines is 1. The van der Waals surface area contributed by atoms with Crippen LogP contribution in [0.4, 0.5) is 10.5 Å². The quantitative estimate of drug-likeness (QED) is 0.621. The molecule has 1 heterocycles. The van der Waals surface area contributed by atoms with Gasteiger partial charge < -0.3 is 20.3 Å². The predicted octanol–water partition coefficient (Wildman–Crippen LogP) is 2.58. The molecule has 2 N–H and O–H groups in total. The summed E-state index contributed by atoms with van der Waals surface area (Å²) in [5.74, 6) is -1.02. The van der Waals surface area contributed by atoms with E-state index in [1.807, 2.05) is 50.2 Å².